The fourth-order valence-corrected chi connectivity index (χ4v) is 1.94. The predicted molar refractivity (Wildman–Crippen MR) is 88.2 cm³/mol. The summed E-state index contributed by atoms with van der Waals surface area (Å²) in [7, 11) is 0. The van der Waals surface area contributed by atoms with Gasteiger partial charge in [0.15, 0.2) is 0 Å². The smallest absolute Gasteiger partial charge is 0.239 e. The molecule has 4 nitrogen and oxygen atoms in total. The van der Waals surface area contributed by atoms with Crippen LogP contribution >= 0.6 is 0 Å². The molecule has 21 heavy (non-hydrogen) atoms. The summed E-state index contributed by atoms with van der Waals surface area (Å²) in [4.78, 5) is 4.41. The second kappa shape index (κ2) is 6.48. The Kier molecular flexibility index (Phi) is 4.68. The molecule has 0 radical (unpaired) electrons. The quantitative estimate of drug-likeness (QED) is 0.859. The van der Waals surface area contributed by atoms with Crippen LogP contribution in [0.5, 0.6) is 5.88 Å². The van der Waals surface area contributed by atoms with E-state index in [0.717, 1.165) is 11.5 Å². The van der Waals surface area contributed by atoms with Gasteiger partial charge in [0.1, 0.15) is 5.82 Å². The zero-order chi connectivity index (χ0) is 15.4. The van der Waals surface area contributed by atoms with Crippen molar-refractivity contribution in [3.8, 4) is 5.88 Å². The van der Waals surface area contributed by atoms with Gasteiger partial charge >= 0.3 is 0 Å². The van der Waals surface area contributed by atoms with Crippen molar-refractivity contribution >= 4 is 17.2 Å². The van der Waals surface area contributed by atoms with Gasteiger partial charge in [-0.25, -0.2) is 0 Å². The second-order valence-electron chi connectivity index (χ2n) is 5.66. The van der Waals surface area contributed by atoms with Crippen molar-refractivity contribution in [1.29, 1.82) is 0 Å². The predicted octanol–water partition coefficient (Wildman–Crippen LogP) is 4.32. The van der Waals surface area contributed by atoms with E-state index < -0.39 is 0 Å². The molecule has 0 saturated heterocycles. The molecule has 4 heteroatoms. The van der Waals surface area contributed by atoms with Crippen molar-refractivity contribution in [2.24, 2.45) is 0 Å². The molecule has 0 bridgehead atoms. The summed E-state index contributed by atoms with van der Waals surface area (Å²) >= 11 is 0. The first kappa shape index (κ1) is 15.2. The summed E-state index contributed by atoms with van der Waals surface area (Å²) in [6, 6.07) is 12.0. The van der Waals surface area contributed by atoms with Gasteiger partial charge in [-0.3, -0.25) is 0 Å². The molecule has 0 saturated carbocycles. The highest BCUT2D eigenvalue weighted by molar-refractivity contribution is 5.61. The first-order chi connectivity index (χ1) is 9.95. The summed E-state index contributed by atoms with van der Waals surface area (Å²) in [6.07, 6.45) is 0.0420. The van der Waals surface area contributed by atoms with Crippen LogP contribution in [0.1, 0.15) is 39.2 Å². The molecule has 0 spiro atoms. The van der Waals surface area contributed by atoms with E-state index in [0.29, 0.717) is 17.5 Å². The number of anilines is 3. The molecule has 0 aliphatic rings. The molecular weight excluding hydrogens is 262 g/mol. The van der Waals surface area contributed by atoms with E-state index in [4.69, 9.17) is 10.5 Å². The topological polar surface area (TPSA) is 60.2 Å². The number of hydrogen-bond donors (Lipinski definition) is 2. The molecule has 0 unspecified atom stereocenters. The van der Waals surface area contributed by atoms with Crippen molar-refractivity contribution in [3.05, 3.63) is 42.0 Å². The normalized spacial score (nSPS) is 11.0. The lowest BCUT2D eigenvalue weighted by atomic mass is 10.0. The molecule has 0 atom stereocenters. The highest BCUT2D eigenvalue weighted by Crippen LogP contribution is 2.25. The first-order valence-electron chi connectivity index (χ1n) is 7.26. The van der Waals surface area contributed by atoms with Gasteiger partial charge in [0.2, 0.25) is 5.88 Å². The van der Waals surface area contributed by atoms with Gasteiger partial charge in [0.05, 0.1) is 11.8 Å². The van der Waals surface area contributed by atoms with E-state index in [-0.39, 0.29) is 6.10 Å². The molecule has 1 aromatic carbocycles. The second-order valence-corrected chi connectivity index (χ2v) is 5.66. The van der Waals surface area contributed by atoms with E-state index in [2.05, 4.69) is 48.4 Å². The molecule has 0 aliphatic heterocycles. The highest BCUT2D eigenvalue weighted by Gasteiger charge is 2.07. The third kappa shape index (κ3) is 4.12. The van der Waals surface area contributed by atoms with Gasteiger partial charge in [-0.15, -0.1) is 0 Å². The van der Waals surface area contributed by atoms with Gasteiger partial charge in [-0.05, 0) is 49.6 Å². The SMILES string of the molecule is CC(C)Oc1nc(Nc2ccc(C(C)C)cc2)ccc1N. The number of rotatable bonds is 5. The average Bonchev–Trinajstić information content (AvgIpc) is 2.42. The Morgan fingerprint density at radius 1 is 1.00 bits per heavy atom. The molecule has 0 amide bonds. The zero-order valence-corrected chi connectivity index (χ0v) is 13.1. The van der Waals surface area contributed by atoms with Crippen LogP contribution in [0.25, 0.3) is 0 Å². The van der Waals surface area contributed by atoms with Crippen LogP contribution in [0.4, 0.5) is 17.2 Å². The number of pyridine rings is 1. The molecule has 2 rings (SSSR count). The van der Waals surface area contributed by atoms with Crippen molar-refractivity contribution in [2.45, 2.75) is 39.7 Å². The Bertz CT molecular complexity index is 591. The highest BCUT2D eigenvalue weighted by atomic mass is 16.5. The Balaban J connectivity index is 2.15. The monoisotopic (exact) mass is 285 g/mol. The third-order valence-electron chi connectivity index (χ3n) is 3.09. The Hall–Kier alpha value is -2.23. The van der Waals surface area contributed by atoms with Crippen LogP contribution in [-0.4, -0.2) is 11.1 Å². The van der Waals surface area contributed by atoms with Crippen LogP contribution in [0, 0.1) is 0 Å². The van der Waals surface area contributed by atoms with Gasteiger partial charge in [-0.2, -0.15) is 4.98 Å². The van der Waals surface area contributed by atoms with Crippen molar-refractivity contribution in [1.82, 2.24) is 4.98 Å². The lowest BCUT2D eigenvalue weighted by Gasteiger charge is -2.13. The minimum absolute atomic E-state index is 0.0420. The van der Waals surface area contributed by atoms with E-state index in [1.807, 2.05) is 19.9 Å². The van der Waals surface area contributed by atoms with Crippen molar-refractivity contribution < 1.29 is 4.74 Å². The first-order valence-corrected chi connectivity index (χ1v) is 7.26. The minimum atomic E-state index is 0.0420. The summed E-state index contributed by atoms with van der Waals surface area (Å²) in [5.74, 6) is 1.71. The number of hydrogen-bond acceptors (Lipinski definition) is 4. The van der Waals surface area contributed by atoms with Gasteiger partial charge in [0.25, 0.3) is 0 Å². The summed E-state index contributed by atoms with van der Waals surface area (Å²) < 4.78 is 5.60. The Morgan fingerprint density at radius 2 is 1.67 bits per heavy atom. The number of nitrogens with one attached hydrogen (secondary N) is 1. The number of aromatic nitrogens is 1. The molecule has 3 N–H and O–H groups in total. The van der Waals surface area contributed by atoms with Crippen LogP contribution in [0.15, 0.2) is 36.4 Å². The Morgan fingerprint density at radius 3 is 2.24 bits per heavy atom. The fourth-order valence-electron chi connectivity index (χ4n) is 1.94. The third-order valence-corrected chi connectivity index (χ3v) is 3.09. The summed E-state index contributed by atoms with van der Waals surface area (Å²) in [5.41, 5.74) is 8.72. The molecule has 0 fully saturated rings. The van der Waals surface area contributed by atoms with E-state index in [1.54, 1.807) is 6.07 Å². The van der Waals surface area contributed by atoms with Crippen molar-refractivity contribution in [2.75, 3.05) is 11.1 Å². The molecular formula is C17H23N3O. The maximum absolute atomic E-state index is 5.87. The van der Waals surface area contributed by atoms with Gasteiger partial charge in [-0.1, -0.05) is 26.0 Å². The standard InChI is InChI=1S/C17H23N3O/c1-11(2)13-5-7-14(8-6-13)19-16-10-9-15(18)17(20-16)21-12(3)4/h5-12H,18H2,1-4H3,(H,19,20). The zero-order valence-electron chi connectivity index (χ0n) is 13.1. The lowest BCUT2D eigenvalue weighted by Crippen LogP contribution is -2.09. The van der Waals surface area contributed by atoms with Crippen LogP contribution in [-0.2, 0) is 0 Å². The van der Waals surface area contributed by atoms with E-state index in [1.165, 1.54) is 5.56 Å². The molecule has 112 valence electrons. The van der Waals surface area contributed by atoms with E-state index in [9.17, 15) is 0 Å². The van der Waals surface area contributed by atoms with Crippen LogP contribution < -0.4 is 15.8 Å². The summed E-state index contributed by atoms with van der Waals surface area (Å²) in [5, 5.41) is 3.26. The minimum Gasteiger partial charge on any atom is -0.473 e. The number of benzene rings is 1. The summed E-state index contributed by atoms with van der Waals surface area (Å²) in [6.45, 7) is 8.26. The average molecular weight is 285 g/mol. The molecule has 1 heterocycles. The van der Waals surface area contributed by atoms with Gasteiger partial charge in [0, 0.05) is 5.69 Å². The van der Waals surface area contributed by atoms with E-state index >= 15 is 0 Å². The molecule has 1 aromatic heterocycles. The maximum atomic E-state index is 5.87. The number of nitrogens with zero attached hydrogens (tertiary/aromatic N) is 1. The maximum Gasteiger partial charge on any atom is 0.239 e. The molecule has 2 aromatic rings. The van der Waals surface area contributed by atoms with Crippen LogP contribution in [0.3, 0.4) is 0 Å². The number of nitrogens with two attached hydrogens (primary N) is 1. The Labute approximate surface area is 126 Å². The van der Waals surface area contributed by atoms with Gasteiger partial charge < -0.3 is 15.8 Å². The van der Waals surface area contributed by atoms with Crippen molar-refractivity contribution in [3.63, 3.8) is 0 Å². The lowest BCUT2D eigenvalue weighted by molar-refractivity contribution is 0.234. The number of nitrogen functional groups attached to an aromatic ring is 1. The van der Waals surface area contributed by atoms with Crippen LogP contribution in [0.2, 0.25) is 0 Å². The molecule has 0 aliphatic carbocycles. The fraction of sp³-hybridized carbons (Fsp3) is 0.353. The largest absolute Gasteiger partial charge is 0.473 e. The number of ether oxygens (including phenoxy) is 1.